The Morgan fingerprint density at radius 1 is 1.35 bits per heavy atom. The Morgan fingerprint density at radius 3 is 2.83 bits per heavy atom. The number of carbonyl (C=O) groups excluding carboxylic acids is 1. The third-order valence-electron chi connectivity index (χ3n) is 3.68. The summed E-state index contributed by atoms with van der Waals surface area (Å²) in [5.41, 5.74) is 0.446. The Hall–Kier alpha value is -1.93. The van der Waals surface area contributed by atoms with Crippen LogP contribution in [0.2, 0.25) is 0 Å². The molecule has 1 aliphatic heterocycles. The van der Waals surface area contributed by atoms with Crippen LogP contribution in [0.4, 0.5) is 4.39 Å². The second-order valence-electron chi connectivity index (χ2n) is 5.27. The van der Waals surface area contributed by atoms with Crippen molar-refractivity contribution in [3.63, 3.8) is 0 Å². The van der Waals surface area contributed by atoms with Gasteiger partial charge < -0.3 is 10.0 Å². The minimum atomic E-state index is -1.05. The van der Waals surface area contributed by atoms with E-state index in [9.17, 15) is 14.3 Å². The summed E-state index contributed by atoms with van der Waals surface area (Å²) in [5, 5.41) is 17.9. The third kappa shape index (κ3) is 3.70. The van der Waals surface area contributed by atoms with Crippen LogP contribution in [-0.2, 0) is 6.54 Å². The number of thioether (sulfide) groups is 1. The van der Waals surface area contributed by atoms with E-state index >= 15 is 0 Å². The van der Waals surface area contributed by atoms with Crippen LogP contribution in [0.5, 0.6) is 0 Å². The van der Waals surface area contributed by atoms with E-state index in [4.69, 9.17) is 0 Å². The first-order valence-corrected chi connectivity index (χ1v) is 8.50. The summed E-state index contributed by atoms with van der Waals surface area (Å²) >= 11 is 1.82. The summed E-state index contributed by atoms with van der Waals surface area (Å²) in [6.45, 7) is 1.44. The number of benzene rings is 1. The van der Waals surface area contributed by atoms with Gasteiger partial charge in [0.2, 0.25) is 0 Å². The number of aliphatic hydroxyl groups excluding tert-OH is 1. The van der Waals surface area contributed by atoms with Crippen molar-refractivity contribution in [3.05, 3.63) is 47.5 Å². The fourth-order valence-corrected chi connectivity index (χ4v) is 3.34. The number of aromatic nitrogens is 3. The van der Waals surface area contributed by atoms with E-state index in [1.165, 1.54) is 23.0 Å². The molecule has 1 aromatic carbocycles. The third-order valence-corrected chi connectivity index (χ3v) is 4.62. The van der Waals surface area contributed by atoms with Crippen molar-refractivity contribution in [2.24, 2.45) is 0 Å². The molecule has 0 aliphatic carbocycles. The van der Waals surface area contributed by atoms with Gasteiger partial charge in [-0.3, -0.25) is 4.79 Å². The van der Waals surface area contributed by atoms with Crippen molar-refractivity contribution >= 4 is 17.7 Å². The number of rotatable bonds is 4. The van der Waals surface area contributed by atoms with E-state index in [0.717, 1.165) is 11.5 Å². The minimum absolute atomic E-state index is 0.0388. The van der Waals surface area contributed by atoms with Crippen LogP contribution in [0.1, 0.15) is 22.2 Å². The van der Waals surface area contributed by atoms with Gasteiger partial charge in [0, 0.05) is 30.2 Å². The molecule has 1 amide bonds. The molecule has 3 rings (SSSR count). The maximum atomic E-state index is 13.7. The number of hydrogen-bond donors (Lipinski definition) is 1. The van der Waals surface area contributed by atoms with Gasteiger partial charge in [0.25, 0.3) is 5.91 Å². The molecular formula is C15H17FN4O2S. The van der Waals surface area contributed by atoms with Crippen LogP contribution in [-0.4, -0.2) is 55.5 Å². The maximum Gasteiger partial charge on any atom is 0.276 e. The van der Waals surface area contributed by atoms with E-state index in [0.29, 0.717) is 13.1 Å². The molecule has 2 heterocycles. The predicted molar refractivity (Wildman–Crippen MR) is 84.6 cm³/mol. The maximum absolute atomic E-state index is 13.7. The van der Waals surface area contributed by atoms with E-state index < -0.39 is 11.9 Å². The van der Waals surface area contributed by atoms with Crippen LogP contribution in [0.15, 0.2) is 30.5 Å². The smallest absolute Gasteiger partial charge is 0.276 e. The SMILES string of the molecule is O=C(c1cn(CC(O)c2ccccc2F)nn1)N1CCSCC1. The van der Waals surface area contributed by atoms with Gasteiger partial charge in [-0.05, 0) is 6.07 Å². The van der Waals surface area contributed by atoms with Gasteiger partial charge >= 0.3 is 0 Å². The van der Waals surface area contributed by atoms with Gasteiger partial charge in [0.1, 0.15) is 11.9 Å². The summed E-state index contributed by atoms with van der Waals surface area (Å²) in [4.78, 5) is 14.0. The average molecular weight is 336 g/mol. The lowest BCUT2D eigenvalue weighted by atomic mass is 10.1. The Labute approximate surface area is 137 Å². The highest BCUT2D eigenvalue weighted by molar-refractivity contribution is 7.99. The molecule has 1 N–H and O–H groups in total. The molecular weight excluding hydrogens is 319 g/mol. The summed E-state index contributed by atoms with van der Waals surface area (Å²) in [5.74, 6) is 1.22. The van der Waals surface area contributed by atoms with Crippen molar-refractivity contribution in [1.82, 2.24) is 19.9 Å². The van der Waals surface area contributed by atoms with Crippen LogP contribution in [0.25, 0.3) is 0 Å². The normalized spacial score (nSPS) is 16.3. The van der Waals surface area contributed by atoms with Crippen LogP contribution in [0.3, 0.4) is 0 Å². The van der Waals surface area contributed by atoms with Crippen LogP contribution < -0.4 is 0 Å². The number of halogens is 1. The van der Waals surface area contributed by atoms with Crippen molar-refractivity contribution in [2.75, 3.05) is 24.6 Å². The van der Waals surface area contributed by atoms with Crippen molar-refractivity contribution < 1.29 is 14.3 Å². The van der Waals surface area contributed by atoms with Gasteiger partial charge in [-0.25, -0.2) is 9.07 Å². The first-order valence-electron chi connectivity index (χ1n) is 7.35. The number of carbonyl (C=O) groups is 1. The van der Waals surface area contributed by atoms with Gasteiger partial charge in [0.05, 0.1) is 12.7 Å². The van der Waals surface area contributed by atoms with Gasteiger partial charge in [-0.2, -0.15) is 11.8 Å². The summed E-state index contributed by atoms with van der Waals surface area (Å²) in [6.07, 6.45) is 0.445. The molecule has 1 fully saturated rings. The highest BCUT2D eigenvalue weighted by Crippen LogP contribution is 2.18. The van der Waals surface area contributed by atoms with E-state index in [1.54, 1.807) is 17.0 Å². The molecule has 1 atom stereocenters. The fourth-order valence-electron chi connectivity index (χ4n) is 2.43. The lowest BCUT2D eigenvalue weighted by Gasteiger charge is -2.25. The Kier molecular flexibility index (Phi) is 4.92. The lowest BCUT2D eigenvalue weighted by molar-refractivity contribution is 0.0766. The van der Waals surface area contributed by atoms with Crippen molar-refractivity contribution in [1.29, 1.82) is 0 Å². The van der Waals surface area contributed by atoms with E-state index in [1.807, 2.05) is 11.8 Å². The highest BCUT2D eigenvalue weighted by Gasteiger charge is 2.22. The molecule has 0 radical (unpaired) electrons. The zero-order chi connectivity index (χ0) is 16.2. The number of hydrogen-bond acceptors (Lipinski definition) is 5. The van der Waals surface area contributed by atoms with Gasteiger partial charge in [0.15, 0.2) is 5.69 Å². The quantitative estimate of drug-likeness (QED) is 0.912. The van der Waals surface area contributed by atoms with Gasteiger partial charge in [-0.15, -0.1) is 5.10 Å². The monoisotopic (exact) mass is 336 g/mol. The lowest BCUT2D eigenvalue weighted by Crippen LogP contribution is -2.38. The van der Waals surface area contributed by atoms with Crippen LogP contribution >= 0.6 is 11.8 Å². The molecule has 1 saturated heterocycles. The summed E-state index contributed by atoms with van der Waals surface area (Å²) in [6, 6.07) is 6.04. The topological polar surface area (TPSA) is 71.2 Å². The molecule has 0 bridgehead atoms. The summed E-state index contributed by atoms with van der Waals surface area (Å²) < 4.78 is 15.0. The van der Waals surface area contributed by atoms with Crippen molar-refractivity contribution in [2.45, 2.75) is 12.6 Å². The molecule has 1 aromatic heterocycles. The number of nitrogens with zero attached hydrogens (tertiary/aromatic N) is 4. The standard InChI is InChI=1S/C15H17FN4O2S/c16-12-4-2-1-3-11(12)14(21)10-20-9-13(17-18-20)15(22)19-5-7-23-8-6-19/h1-4,9,14,21H,5-8,10H2. The average Bonchev–Trinajstić information content (AvgIpc) is 3.03. The molecule has 1 unspecified atom stereocenters. The van der Waals surface area contributed by atoms with E-state index in [-0.39, 0.29) is 23.7 Å². The predicted octanol–water partition coefficient (Wildman–Crippen LogP) is 1.34. The molecule has 0 spiro atoms. The van der Waals surface area contributed by atoms with Gasteiger partial charge in [-0.1, -0.05) is 23.4 Å². The Morgan fingerprint density at radius 2 is 2.09 bits per heavy atom. The molecule has 6 nitrogen and oxygen atoms in total. The molecule has 23 heavy (non-hydrogen) atoms. The second kappa shape index (κ2) is 7.10. The first-order chi connectivity index (χ1) is 11.1. The Balaban J connectivity index is 1.67. The first kappa shape index (κ1) is 15.9. The second-order valence-corrected chi connectivity index (χ2v) is 6.49. The molecule has 122 valence electrons. The highest BCUT2D eigenvalue weighted by atomic mass is 32.2. The molecule has 0 saturated carbocycles. The zero-order valence-electron chi connectivity index (χ0n) is 12.4. The number of amides is 1. The van der Waals surface area contributed by atoms with Crippen molar-refractivity contribution in [3.8, 4) is 0 Å². The fraction of sp³-hybridized carbons (Fsp3) is 0.400. The molecule has 1 aliphatic rings. The minimum Gasteiger partial charge on any atom is -0.386 e. The summed E-state index contributed by atoms with van der Waals surface area (Å²) in [7, 11) is 0. The van der Waals surface area contributed by atoms with Crippen LogP contribution in [0, 0.1) is 5.82 Å². The Bertz CT molecular complexity index is 688. The van der Waals surface area contributed by atoms with E-state index in [2.05, 4.69) is 10.3 Å². The molecule has 8 heteroatoms. The molecule has 2 aromatic rings. The largest absolute Gasteiger partial charge is 0.386 e. The zero-order valence-corrected chi connectivity index (χ0v) is 13.2. The number of aliphatic hydroxyl groups is 1.